The molecule has 0 aliphatic rings. The number of pyridine rings is 1. The lowest BCUT2D eigenvalue weighted by Gasteiger charge is -2.08. The smallest absolute Gasteiger partial charge is 0.0717 e. The summed E-state index contributed by atoms with van der Waals surface area (Å²) in [6, 6.07) is 10.0. The highest BCUT2D eigenvalue weighted by atomic mass is 79.9. The molecule has 3 heteroatoms. The van der Waals surface area contributed by atoms with Gasteiger partial charge in [0.2, 0.25) is 0 Å². The Morgan fingerprint density at radius 1 is 1.36 bits per heavy atom. The molecule has 1 aromatic heterocycles. The van der Waals surface area contributed by atoms with E-state index in [4.69, 9.17) is 5.73 Å². The molecule has 0 aliphatic carbocycles. The van der Waals surface area contributed by atoms with Crippen molar-refractivity contribution in [1.82, 2.24) is 4.98 Å². The van der Waals surface area contributed by atoms with Crippen LogP contribution in [-0.2, 0) is 0 Å². The van der Waals surface area contributed by atoms with Crippen LogP contribution < -0.4 is 5.73 Å². The Morgan fingerprint density at radius 2 is 2.07 bits per heavy atom. The molecule has 1 atom stereocenters. The normalized spacial score (nSPS) is 13.1. The van der Waals surface area contributed by atoms with Crippen LogP contribution in [0.3, 0.4) is 0 Å². The highest BCUT2D eigenvalue weighted by Crippen LogP contribution is 2.24. The van der Waals surface area contributed by atoms with Crippen LogP contribution >= 0.6 is 15.9 Å². The molecule has 0 fully saturated rings. The first-order chi connectivity index (χ1) is 6.68. The topological polar surface area (TPSA) is 38.9 Å². The average molecular weight is 251 g/mol. The monoisotopic (exact) mass is 250 g/mol. The lowest BCUT2D eigenvalue weighted by Crippen LogP contribution is -2.08. The third-order valence-corrected chi connectivity index (χ3v) is 2.77. The van der Waals surface area contributed by atoms with Gasteiger partial charge >= 0.3 is 0 Å². The standard InChI is InChI=1S/C11H11BrN2/c1-7(13)11-9(12)6-8-4-2-3-5-10(8)14-11/h2-7H,13H2,1H3. The minimum absolute atomic E-state index is 0.0472. The minimum Gasteiger partial charge on any atom is -0.323 e. The van der Waals surface area contributed by atoms with Crippen molar-refractivity contribution in [3.8, 4) is 0 Å². The second kappa shape index (κ2) is 3.67. The first-order valence-electron chi connectivity index (χ1n) is 4.49. The number of halogens is 1. The van der Waals surface area contributed by atoms with Gasteiger partial charge in [0.15, 0.2) is 0 Å². The third kappa shape index (κ3) is 1.65. The minimum atomic E-state index is -0.0472. The molecular formula is C11H11BrN2. The van der Waals surface area contributed by atoms with E-state index in [0.29, 0.717) is 0 Å². The second-order valence-corrected chi connectivity index (χ2v) is 4.19. The van der Waals surface area contributed by atoms with Crippen LogP contribution in [0.15, 0.2) is 34.8 Å². The van der Waals surface area contributed by atoms with Gasteiger partial charge in [-0.2, -0.15) is 0 Å². The summed E-state index contributed by atoms with van der Waals surface area (Å²) in [5, 5.41) is 1.13. The molecule has 2 rings (SSSR count). The highest BCUT2D eigenvalue weighted by Gasteiger charge is 2.07. The van der Waals surface area contributed by atoms with Crippen LogP contribution in [0.2, 0.25) is 0 Å². The molecular weight excluding hydrogens is 240 g/mol. The molecule has 2 nitrogen and oxygen atoms in total. The molecule has 0 saturated heterocycles. The van der Waals surface area contributed by atoms with Crippen molar-refractivity contribution in [2.45, 2.75) is 13.0 Å². The Hall–Kier alpha value is -0.930. The van der Waals surface area contributed by atoms with Crippen LogP contribution in [0, 0.1) is 0 Å². The Morgan fingerprint density at radius 3 is 2.79 bits per heavy atom. The van der Waals surface area contributed by atoms with Gasteiger partial charge in [0.25, 0.3) is 0 Å². The van der Waals surface area contributed by atoms with E-state index in [2.05, 4.69) is 27.0 Å². The van der Waals surface area contributed by atoms with Crippen molar-refractivity contribution in [3.05, 3.63) is 40.5 Å². The molecule has 1 unspecified atom stereocenters. The number of hydrogen-bond donors (Lipinski definition) is 1. The van der Waals surface area contributed by atoms with E-state index in [1.807, 2.05) is 31.2 Å². The summed E-state index contributed by atoms with van der Waals surface area (Å²) in [4.78, 5) is 4.50. The molecule has 72 valence electrons. The molecule has 1 heterocycles. The van der Waals surface area contributed by atoms with Gasteiger partial charge in [-0.3, -0.25) is 4.98 Å². The number of para-hydroxylation sites is 1. The van der Waals surface area contributed by atoms with E-state index in [1.54, 1.807) is 0 Å². The van der Waals surface area contributed by atoms with Gasteiger partial charge in [-0.1, -0.05) is 18.2 Å². The molecule has 2 aromatic rings. The molecule has 0 amide bonds. The van der Waals surface area contributed by atoms with Gasteiger partial charge in [0.05, 0.1) is 11.2 Å². The SMILES string of the molecule is CC(N)c1nc2ccccc2cc1Br. The number of benzene rings is 1. The van der Waals surface area contributed by atoms with Crippen LogP contribution in [0.5, 0.6) is 0 Å². The summed E-state index contributed by atoms with van der Waals surface area (Å²) < 4.78 is 0.978. The fourth-order valence-corrected chi connectivity index (χ4v) is 2.12. The zero-order valence-electron chi connectivity index (χ0n) is 7.87. The number of nitrogens with two attached hydrogens (primary N) is 1. The zero-order valence-corrected chi connectivity index (χ0v) is 9.45. The van der Waals surface area contributed by atoms with Crippen LogP contribution in [0.1, 0.15) is 18.7 Å². The summed E-state index contributed by atoms with van der Waals surface area (Å²) in [6.07, 6.45) is 0. The van der Waals surface area contributed by atoms with Gasteiger partial charge in [-0.15, -0.1) is 0 Å². The van der Waals surface area contributed by atoms with Crippen molar-refractivity contribution in [2.24, 2.45) is 5.73 Å². The van der Waals surface area contributed by atoms with Crippen LogP contribution in [-0.4, -0.2) is 4.98 Å². The Bertz CT molecular complexity index is 466. The van der Waals surface area contributed by atoms with Gasteiger partial charge in [0.1, 0.15) is 0 Å². The predicted octanol–water partition coefficient (Wildman–Crippen LogP) is 3.02. The van der Waals surface area contributed by atoms with E-state index in [1.165, 1.54) is 0 Å². The van der Waals surface area contributed by atoms with Crippen molar-refractivity contribution in [3.63, 3.8) is 0 Å². The van der Waals surface area contributed by atoms with Gasteiger partial charge in [0, 0.05) is 15.9 Å². The molecule has 0 radical (unpaired) electrons. The number of aromatic nitrogens is 1. The second-order valence-electron chi connectivity index (χ2n) is 3.34. The maximum Gasteiger partial charge on any atom is 0.0717 e. The maximum absolute atomic E-state index is 5.81. The quantitative estimate of drug-likeness (QED) is 0.846. The molecule has 0 bridgehead atoms. The third-order valence-electron chi connectivity index (χ3n) is 2.14. The maximum atomic E-state index is 5.81. The summed E-state index contributed by atoms with van der Waals surface area (Å²) in [6.45, 7) is 1.93. The summed E-state index contributed by atoms with van der Waals surface area (Å²) in [5.74, 6) is 0. The molecule has 0 saturated carbocycles. The van der Waals surface area contributed by atoms with Crippen molar-refractivity contribution >= 4 is 26.8 Å². The van der Waals surface area contributed by atoms with E-state index in [9.17, 15) is 0 Å². The van der Waals surface area contributed by atoms with E-state index >= 15 is 0 Å². The largest absolute Gasteiger partial charge is 0.323 e. The van der Waals surface area contributed by atoms with Gasteiger partial charge in [-0.25, -0.2) is 0 Å². The first-order valence-corrected chi connectivity index (χ1v) is 5.28. The molecule has 1 aromatic carbocycles. The summed E-state index contributed by atoms with van der Waals surface area (Å²) >= 11 is 3.48. The Labute approximate surface area is 91.3 Å². The average Bonchev–Trinajstić information content (AvgIpc) is 2.16. The summed E-state index contributed by atoms with van der Waals surface area (Å²) in [7, 11) is 0. The predicted molar refractivity (Wildman–Crippen MR) is 62.0 cm³/mol. The fourth-order valence-electron chi connectivity index (χ4n) is 1.42. The van der Waals surface area contributed by atoms with E-state index < -0.39 is 0 Å². The van der Waals surface area contributed by atoms with Crippen LogP contribution in [0.4, 0.5) is 0 Å². The van der Waals surface area contributed by atoms with Gasteiger partial charge in [-0.05, 0) is 35.0 Å². The summed E-state index contributed by atoms with van der Waals surface area (Å²) in [5.41, 5.74) is 7.71. The molecule has 14 heavy (non-hydrogen) atoms. The fraction of sp³-hybridized carbons (Fsp3) is 0.182. The van der Waals surface area contributed by atoms with Gasteiger partial charge < -0.3 is 5.73 Å². The van der Waals surface area contributed by atoms with E-state index in [0.717, 1.165) is 21.1 Å². The number of hydrogen-bond acceptors (Lipinski definition) is 2. The van der Waals surface area contributed by atoms with Crippen molar-refractivity contribution in [1.29, 1.82) is 0 Å². The first kappa shape index (κ1) is 9.62. The van der Waals surface area contributed by atoms with Crippen molar-refractivity contribution < 1.29 is 0 Å². The highest BCUT2D eigenvalue weighted by molar-refractivity contribution is 9.10. The molecule has 0 spiro atoms. The zero-order chi connectivity index (χ0) is 10.1. The Balaban J connectivity index is 2.71. The lowest BCUT2D eigenvalue weighted by atomic mass is 10.1. The number of fused-ring (bicyclic) bond motifs is 1. The lowest BCUT2D eigenvalue weighted by molar-refractivity contribution is 0.781. The van der Waals surface area contributed by atoms with Crippen molar-refractivity contribution in [2.75, 3.05) is 0 Å². The van der Waals surface area contributed by atoms with Crippen LogP contribution in [0.25, 0.3) is 10.9 Å². The Kier molecular flexibility index (Phi) is 2.52. The number of nitrogens with zero attached hydrogens (tertiary/aromatic N) is 1. The van der Waals surface area contributed by atoms with E-state index in [-0.39, 0.29) is 6.04 Å². The molecule has 2 N–H and O–H groups in total. The number of rotatable bonds is 1. The molecule has 0 aliphatic heterocycles.